The average molecular weight is 563 g/mol. The van der Waals surface area contributed by atoms with E-state index in [9.17, 15) is 33.4 Å². The fourth-order valence-electron chi connectivity index (χ4n) is 4.13. The molecule has 0 radical (unpaired) electrons. The maximum atomic E-state index is 13.6. The molecule has 0 saturated heterocycles. The molecule has 5 rings (SSSR count). The first-order chi connectivity index (χ1) is 19.1. The normalized spacial score (nSPS) is 11.5. The van der Waals surface area contributed by atoms with E-state index in [-0.39, 0.29) is 39.9 Å². The van der Waals surface area contributed by atoms with Crippen LogP contribution >= 0.6 is 0 Å². The summed E-state index contributed by atoms with van der Waals surface area (Å²) in [6.07, 6.45) is 0. The van der Waals surface area contributed by atoms with Crippen molar-refractivity contribution in [1.29, 1.82) is 0 Å². The van der Waals surface area contributed by atoms with Crippen molar-refractivity contribution in [2.75, 3.05) is 12.3 Å². The Labute approximate surface area is 224 Å². The molecule has 5 aromatic rings. The zero-order valence-electron chi connectivity index (χ0n) is 20.3. The summed E-state index contributed by atoms with van der Waals surface area (Å²) < 4.78 is 33.8. The first kappa shape index (κ1) is 26.2. The Morgan fingerprint density at radius 3 is 2.08 bits per heavy atom. The first-order valence-corrected chi connectivity index (χ1v) is 13.0. The van der Waals surface area contributed by atoms with E-state index in [1.807, 2.05) is 0 Å². The summed E-state index contributed by atoms with van der Waals surface area (Å²) in [6, 6.07) is 16.9. The lowest BCUT2D eigenvalue weighted by molar-refractivity contribution is -0.394. The second-order valence-corrected chi connectivity index (χ2v) is 10.3. The van der Waals surface area contributed by atoms with Crippen LogP contribution in [0.5, 0.6) is 0 Å². The average Bonchev–Trinajstić information content (AvgIpc) is 3.22. The van der Waals surface area contributed by atoms with Crippen LogP contribution in [0.4, 0.5) is 17.2 Å². The van der Waals surface area contributed by atoms with Gasteiger partial charge in [0.1, 0.15) is 22.8 Å². The highest BCUT2D eigenvalue weighted by Crippen LogP contribution is 2.35. The van der Waals surface area contributed by atoms with Crippen molar-refractivity contribution in [3.8, 4) is 0 Å². The highest BCUT2D eigenvalue weighted by Gasteiger charge is 2.30. The van der Waals surface area contributed by atoms with Crippen LogP contribution in [-0.4, -0.2) is 45.4 Å². The van der Waals surface area contributed by atoms with E-state index in [1.54, 1.807) is 42.5 Å². The number of rotatable bonds is 8. The number of carbonyl (C=O) groups is 1. The standard InChI is InChI=1S/C25H18N6O8S/c26-23-22(40(37,38)18-6-2-1-3-7-18)21-24(28-20-9-5-4-8-19(20)27-21)29(23)10-11-39-25(32)15-12-16(30(33)34)14-17(13-15)31(35)36/h1-9,12-14H,10-11,26H2. The summed E-state index contributed by atoms with van der Waals surface area (Å²) in [5, 5.41) is 22.3. The highest BCUT2D eigenvalue weighted by molar-refractivity contribution is 7.92. The van der Waals surface area contributed by atoms with Gasteiger partial charge in [0.25, 0.3) is 11.4 Å². The molecule has 2 aromatic heterocycles. The van der Waals surface area contributed by atoms with Gasteiger partial charge in [0.2, 0.25) is 9.84 Å². The second-order valence-electron chi connectivity index (χ2n) is 8.46. The molecular weight excluding hydrogens is 544 g/mol. The van der Waals surface area contributed by atoms with E-state index in [0.717, 1.165) is 18.2 Å². The third kappa shape index (κ3) is 4.64. The number of aromatic nitrogens is 3. The fourth-order valence-corrected chi connectivity index (χ4v) is 5.66. The second kappa shape index (κ2) is 10.0. The summed E-state index contributed by atoms with van der Waals surface area (Å²) in [5.41, 5.74) is 5.72. The van der Waals surface area contributed by atoms with Crippen LogP contribution in [0.25, 0.3) is 22.2 Å². The van der Waals surface area contributed by atoms with Gasteiger partial charge in [-0.15, -0.1) is 0 Å². The molecule has 202 valence electrons. The molecule has 2 N–H and O–H groups in total. The number of hydrogen-bond donors (Lipinski definition) is 1. The molecule has 0 atom stereocenters. The van der Waals surface area contributed by atoms with Gasteiger partial charge in [-0.05, 0) is 24.3 Å². The van der Waals surface area contributed by atoms with Crippen LogP contribution in [0.1, 0.15) is 10.4 Å². The Bertz CT molecular complexity index is 1910. The minimum absolute atomic E-state index is 0.00518. The van der Waals surface area contributed by atoms with Gasteiger partial charge in [-0.25, -0.2) is 23.2 Å². The van der Waals surface area contributed by atoms with Crippen LogP contribution in [0.3, 0.4) is 0 Å². The number of sulfone groups is 1. The van der Waals surface area contributed by atoms with E-state index >= 15 is 0 Å². The van der Waals surface area contributed by atoms with Crippen LogP contribution in [-0.2, 0) is 21.1 Å². The van der Waals surface area contributed by atoms with Gasteiger partial charge in [0.15, 0.2) is 5.65 Å². The first-order valence-electron chi connectivity index (χ1n) is 11.5. The highest BCUT2D eigenvalue weighted by atomic mass is 32.2. The van der Waals surface area contributed by atoms with Gasteiger partial charge in [-0.2, -0.15) is 0 Å². The molecule has 0 bridgehead atoms. The van der Waals surface area contributed by atoms with Crippen molar-refractivity contribution in [2.45, 2.75) is 16.3 Å². The number of non-ortho nitro benzene ring substituents is 2. The number of nitrogens with two attached hydrogens (primary N) is 1. The van der Waals surface area contributed by atoms with Gasteiger partial charge in [-0.3, -0.25) is 20.2 Å². The zero-order valence-corrected chi connectivity index (χ0v) is 21.1. The van der Waals surface area contributed by atoms with Crippen molar-refractivity contribution >= 4 is 55.2 Å². The number of nitrogen functional groups attached to an aromatic ring is 1. The van der Waals surface area contributed by atoms with Gasteiger partial charge >= 0.3 is 5.97 Å². The van der Waals surface area contributed by atoms with Gasteiger partial charge in [0.05, 0.1) is 44.0 Å². The Balaban J connectivity index is 1.53. The maximum absolute atomic E-state index is 13.6. The molecule has 14 nitrogen and oxygen atoms in total. The van der Waals surface area contributed by atoms with Gasteiger partial charge in [-0.1, -0.05) is 30.3 Å². The molecule has 0 unspecified atom stereocenters. The number of carbonyl (C=O) groups excluding carboxylic acids is 1. The number of nitro groups is 2. The van der Waals surface area contributed by atoms with E-state index in [1.165, 1.54) is 16.7 Å². The number of fused-ring (bicyclic) bond motifs is 2. The van der Waals surface area contributed by atoms with E-state index in [0.29, 0.717) is 11.0 Å². The topological polar surface area (TPSA) is 203 Å². The molecule has 40 heavy (non-hydrogen) atoms. The number of para-hydroxylation sites is 2. The van der Waals surface area contributed by atoms with Crippen LogP contribution < -0.4 is 5.73 Å². The molecule has 0 saturated carbocycles. The predicted molar refractivity (Wildman–Crippen MR) is 141 cm³/mol. The zero-order chi connectivity index (χ0) is 28.6. The lowest BCUT2D eigenvalue weighted by atomic mass is 10.2. The summed E-state index contributed by atoms with van der Waals surface area (Å²) in [5.74, 6) is -1.24. The third-order valence-electron chi connectivity index (χ3n) is 5.98. The Kier molecular flexibility index (Phi) is 6.56. The quantitative estimate of drug-likeness (QED) is 0.164. The number of hydrogen-bond acceptors (Lipinski definition) is 11. The number of benzene rings is 3. The molecule has 15 heteroatoms. The lowest BCUT2D eigenvalue weighted by Gasteiger charge is -2.09. The summed E-state index contributed by atoms with van der Waals surface area (Å²) in [6.45, 7) is -0.537. The van der Waals surface area contributed by atoms with Crippen molar-refractivity contribution in [3.63, 3.8) is 0 Å². The fraction of sp³-hybridized carbons (Fsp3) is 0.0800. The Morgan fingerprint density at radius 2 is 1.48 bits per heavy atom. The summed E-state index contributed by atoms with van der Waals surface area (Å²) in [7, 11) is -4.14. The van der Waals surface area contributed by atoms with Crippen molar-refractivity contribution in [1.82, 2.24) is 14.5 Å². The minimum atomic E-state index is -4.14. The van der Waals surface area contributed by atoms with Gasteiger partial charge in [0, 0.05) is 12.1 Å². The molecule has 0 aliphatic carbocycles. The number of ether oxygens (including phenoxy) is 1. The van der Waals surface area contributed by atoms with E-state index in [2.05, 4.69) is 9.97 Å². The van der Waals surface area contributed by atoms with Crippen LogP contribution in [0.15, 0.2) is 82.6 Å². The molecule has 0 spiro atoms. The molecule has 0 amide bonds. The van der Waals surface area contributed by atoms with Crippen molar-refractivity contribution in [3.05, 3.63) is 98.6 Å². The SMILES string of the molecule is Nc1c(S(=O)(=O)c2ccccc2)c2nc3ccccc3nc2n1CCOC(=O)c1cc([N+](=O)[O-])cc([N+](=O)[O-])c1. The van der Waals surface area contributed by atoms with Crippen LogP contribution in [0, 0.1) is 20.2 Å². The smallest absolute Gasteiger partial charge is 0.338 e. The summed E-state index contributed by atoms with van der Waals surface area (Å²) >= 11 is 0. The van der Waals surface area contributed by atoms with Crippen LogP contribution in [0.2, 0.25) is 0 Å². The van der Waals surface area contributed by atoms with Crippen molar-refractivity contribution in [2.24, 2.45) is 0 Å². The summed E-state index contributed by atoms with van der Waals surface area (Å²) in [4.78, 5) is 42.0. The molecule has 0 fully saturated rings. The molecule has 2 heterocycles. The van der Waals surface area contributed by atoms with E-state index in [4.69, 9.17) is 10.5 Å². The Morgan fingerprint density at radius 1 is 0.900 bits per heavy atom. The monoisotopic (exact) mass is 562 g/mol. The largest absolute Gasteiger partial charge is 0.460 e. The third-order valence-corrected chi connectivity index (χ3v) is 7.81. The Hall–Kier alpha value is -5.44. The number of anilines is 1. The number of nitro benzene ring substituents is 2. The van der Waals surface area contributed by atoms with E-state index < -0.39 is 42.6 Å². The lowest BCUT2D eigenvalue weighted by Crippen LogP contribution is -2.14. The number of esters is 1. The molecule has 0 aliphatic rings. The molecule has 3 aromatic carbocycles. The molecule has 0 aliphatic heterocycles. The van der Waals surface area contributed by atoms with Gasteiger partial charge < -0.3 is 15.0 Å². The van der Waals surface area contributed by atoms with Crippen molar-refractivity contribution < 1.29 is 27.8 Å². The maximum Gasteiger partial charge on any atom is 0.338 e. The minimum Gasteiger partial charge on any atom is -0.460 e. The predicted octanol–water partition coefficient (Wildman–Crippen LogP) is 3.67. The number of nitrogens with zero attached hydrogens (tertiary/aromatic N) is 5. The molecular formula is C25H18N6O8S.